The van der Waals surface area contributed by atoms with Crippen molar-refractivity contribution in [3.05, 3.63) is 66.2 Å². The molecule has 1 unspecified atom stereocenters. The third-order valence-corrected chi connectivity index (χ3v) is 2.74. The van der Waals surface area contributed by atoms with E-state index in [1.807, 2.05) is 67.6 Å². The predicted molar refractivity (Wildman–Crippen MR) is 83.1 cm³/mol. The Hall–Kier alpha value is -2.00. The van der Waals surface area contributed by atoms with Crippen LogP contribution >= 0.6 is 12.4 Å². The summed E-state index contributed by atoms with van der Waals surface area (Å²) in [7, 11) is 0. The largest absolute Gasteiger partial charge is 0.464 e. The summed E-state index contributed by atoms with van der Waals surface area (Å²) in [6, 6.07) is 18.7. The molecule has 0 saturated heterocycles. The highest BCUT2D eigenvalue weighted by atomic mass is 35.5. The number of benzene rings is 2. The molecule has 2 aromatic rings. The lowest BCUT2D eigenvalue weighted by molar-refractivity contribution is -0.144. The van der Waals surface area contributed by atoms with Crippen LogP contribution in [0.1, 0.15) is 18.5 Å². The van der Waals surface area contributed by atoms with Crippen LogP contribution in [-0.2, 0) is 9.53 Å². The van der Waals surface area contributed by atoms with Gasteiger partial charge in [-0.05, 0) is 24.6 Å². The average molecular weight is 292 g/mol. The molecule has 1 N–H and O–H groups in total. The molecule has 0 saturated carbocycles. The normalized spacial score (nSPS) is 11.1. The molecule has 0 aliphatic heterocycles. The van der Waals surface area contributed by atoms with Gasteiger partial charge >= 0.3 is 5.97 Å². The lowest BCUT2D eigenvalue weighted by Crippen LogP contribution is -2.23. The van der Waals surface area contributed by atoms with Gasteiger partial charge in [0.05, 0.1) is 6.61 Å². The van der Waals surface area contributed by atoms with Crippen molar-refractivity contribution in [1.29, 1.82) is 0 Å². The molecule has 2 aromatic carbocycles. The van der Waals surface area contributed by atoms with Crippen LogP contribution < -0.4 is 5.32 Å². The van der Waals surface area contributed by atoms with E-state index >= 15 is 0 Å². The highest BCUT2D eigenvalue weighted by Gasteiger charge is 2.21. The van der Waals surface area contributed by atoms with Crippen molar-refractivity contribution in [3.63, 3.8) is 0 Å². The smallest absolute Gasteiger partial charge is 0.333 e. The maximum absolute atomic E-state index is 12.1. The number of esters is 1. The molecule has 0 aromatic heterocycles. The lowest BCUT2D eigenvalue weighted by Gasteiger charge is -2.18. The Labute approximate surface area is 125 Å². The zero-order valence-corrected chi connectivity index (χ0v) is 12.1. The predicted octanol–water partition coefficient (Wildman–Crippen LogP) is 3.82. The number of hydrogen-bond donors (Lipinski definition) is 1. The first-order valence-electron chi connectivity index (χ1n) is 6.34. The topological polar surface area (TPSA) is 38.3 Å². The third kappa shape index (κ3) is 4.28. The SMILES string of the molecule is CCOC(=O)C(Nc1ccccc1)c1ccccc1.Cl. The molecule has 0 heterocycles. The van der Waals surface area contributed by atoms with Gasteiger partial charge in [-0.2, -0.15) is 0 Å². The van der Waals surface area contributed by atoms with E-state index in [1.165, 1.54) is 0 Å². The molecule has 0 fully saturated rings. The standard InChI is InChI=1S/C16H17NO2.ClH/c1-2-19-16(18)15(13-9-5-3-6-10-13)17-14-11-7-4-8-12-14;/h3-12,15,17H,2H2,1H3;1H. The number of nitrogens with one attached hydrogen (secondary N) is 1. The van der Waals surface area contributed by atoms with E-state index in [0.29, 0.717) is 6.61 Å². The maximum atomic E-state index is 12.1. The molecule has 0 aliphatic rings. The number of hydrogen-bond acceptors (Lipinski definition) is 3. The van der Waals surface area contributed by atoms with E-state index in [-0.39, 0.29) is 18.4 Å². The molecule has 1 atom stereocenters. The third-order valence-electron chi connectivity index (χ3n) is 2.74. The van der Waals surface area contributed by atoms with E-state index < -0.39 is 6.04 Å². The molecular weight excluding hydrogens is 274 g/mol. The summed E-state index contributed by atoms with van der Waals surface area (Å²) in [6.07, 6.45) is 0. The summed E-state index contributed by atoms with van der Waals surface area (Å²) in [4.78, 5) is 12.1. The number of ether oxygens (including phenoxy) is 1. The average Bonchev–Trinajstić information content (AvgIpc) is 2.47. The molecule has 3 nitrogen and oxygen atoms in total. The van der Waals surface area contributed by atoms with E-state index in [9.17, 15) is 4.79 Å². The molecule has 0 aliphatic carbocycles. The molecule has 0 bridgehead atoms. The minimum atomic E-state index is -0.483. The number of halogens is 1. The highest BCUT2D eigenvalue weighted by molar-refractivity contribution is 5.85. The number of carbonyl (C=O) groups excluding carboxylic acids is 1. The van der Waals surface area contributed by atoms with Crippen LogP contribution in [0.3, 0.4) is 0 Å². The Morgan fingerprint density at radius 3 is 2.15 bits per heavy atom. The molecule has 2 rings (SSSR count). The van der Waals surface area contributed by atoms with Gasteiger partial charge in [0.2, 0.25) is 0 Å². The first-order chi connectivity index (χ1) is 9.31. The molecule has 0 radical (unpaired) electrons. The van der Waals surface area contributed by atoms with Crippen molar-refractivity contribution < 1.29 is 9.53 Å². The van der Waals surface area contributed by atoms with Crippen LogP contribution in [0.2, 0.25) is 0 Å². The zero-order chi connectivity index (χ0) is 13.5. The fourth-order valence-corrected chi connectivity index (χ4v) is 1.85. The Balaban J connectivity index is 0.00000200. The van der Waals surface area contributed by atoms with Crippen LogP contribution in [0.5, 0.6) is 0 Å². The second-order valence-corrected chi connectivity index (χ2v) is 4.11. The Morgan fingerprint density at radius 2 is 1.60 bits per heavy atom. The number of rotatable bonds is 5. The number of carbonyl (C=O) groups is 1. The fraction of sp³-hybridized carbons (Fsp3) is 0.188. The van der Waals surface area contributed by atoms with Gasteiger partial charge in [-0.3, -0.25) is 0 Å². The van der Waals surface area contributed by atoms with Crippen molar-refractivity contribution in [1.82, 2.24) is 0 Å². The molecule has 20 heavy (non-hydrogen) atoms. The van der Waals surface area contributed by atoms with E-state index in [2.05, 4.69) is 5.32 Å². The van der Waals surface area contributed by atoms with Crippen LogP contribution in [0.25, 0.3) is 0 Å². The second-order valence-electron chi connectivity index (χ2n) is 4.11. The summed E-state index contributed by atoms with van der Waals surface area (Å²) < 4.78 is 5.13. The Morgan fingerprint density at radius 1 is 1.05 bits per heavy atom. The number of para-hydroxylation sites is 1. The van der Waals surface area contributed by atoms with E-state index in [1.54, 1.807) is 0 Å². The first kappa shape index (κ1) is 16.1. The Bertz CT molecular complexity index is 517. The van der Waals surface area contributed by atoms with Crippen molar-refractivity contribution in [3.8, 4) is 0 Å². The molecule has 0 amide bonds. The van der Waals surface area contributed by atoms with Gasteiger partial charge in [-0.25, -0.2) is 4.79 Å². The lowest BCUT2D eigenvalue weighted by atomic mass is 10.1. The summed E-state index contributed by atoms with van der Waals surface area (Å²) >= 11 is 0. The van der Waals surface area contributed by atoms with Crippen molar-refractivity contribution in [2.45, 2.75) is 13.0 Å². The highest BCUT2D eigenvalue weighted by Crippen LogP contribution is 2.20. The molecule has 106 valence electrons. The minimum absolute atomic E-state index is 0. The van der Waals surface area contributed by atoms with Gasteiger partial charge in [-0.1, -0.05) is 48.5 Å². The minimum Gasteiger partial charge on any atom is -0.464 e. The van der Waals surface area contributed by atoms with Crippen LogP contribution in [0.4, 0.5) is 5.69 Å². The number of anilines is 1. The van der Waals surface area contributed by atoms with E-state index in [4.69, 9.17) is 4.74 Å². The van der Waals surface area contributed by atoms with Crippen molar-refractivity contribution >= 4 is 24.1 Å². The van der Waals surface area contributed by atoms with Gasteiger partial charge < -0.3 is 10.1 Å². The Kier molecular flexibility index (Phi) is 6.60. The fourth-order valence-electron chi connectivity index (χ4n) is 1.85. The second kappa shape index (κ2) is 8.23. The van der Waals surface area contributed by atoms with Gasteiger partial charge in [0.25, 0.3) is 0 Å². The summed E-state index contributed by atoms with van der Waals surface area (Å²) in [6.45, 7) is 2.18. The van der Waals surface area contributed by atoms with Gasteiger partial charge in [0, 0.05) is 5.69 Å². The van der Waals surface area contributed by atoms with Gasteiger partial charge in [0.15, 0.2) is 6.04 Å². The van der Waals surface area contributed by atoms with Crippen molar-refractivity contribution in [2.75, 3.05) is 11.9 Å². The zero-order valence-electron chi connectivity index (χ0n) is 11.3. The maximum Gasteiger partial charge on any atom is 0.333 e. The molecular formula is C16H18ClNO2. The van der Waals surface area contributed by atoms with Crippen molar-refractivity contribution in [2.24, 2.45) is 0 Å². The summed E-state index contributed by atoms with van der Waals surface area (Å²) in [5.41, 5.74) is 1.79. The summed E-state index contributed by atoms with van der Waals surface area (Å²) in [5.74, 6) is -0.266. The van der Waals surface area contributed by atoms with Gasteiger partial charge in [-0.15, -0.1) is 12.4 Å². The van der Waals surface area contributed by atoms with Crippen LogP contribution in [0, 0.1) is 0 Å². The molecule has 0 spiro atoms. The first-order valence-corrected chi connectivity index (χ1v) is 6.34. The molecule has 4 heteroatoms. The van der Waals surface area contributed by atoms with Gasteiger partial charge in [0.1, 0.15) is 0 Å². The van der Waals surface area contributed by atoms with E-state index in [0.717, 1.165) is 11.3 Å². The summed E-state index contributed by atoms with van der Waals surface area (Å²) in [5, 5.41) is 3.21. The quantitative estimate of drug-likeness (QED) is 0.851. The monoisotopic (exact) mass is 291 g/mol. The van der Waals surface area contributed by atoms with Crippen LogP contribution in [0.15, 0.2) is 60.7 Å². The van der Waals surface area contributed by atoms with Crippen LogP contribution in [-0.4, -0.2) is 12.6 Å².